The minimum atomic E-state index is -0.586. The first kappa shape index (κ1) is 23.8. The van der Waals surface area contributed by atoms with E-state index in [1.165, 1.54) is 12.1 Å². The fourth-order valence-electron chi connectivity index (χ4n) is 5.00. The number of carbonyl (C=O) groups is 1. The summed E-state index contributed by atoms with van der Waals surface area (Å²) < 4.78 is 23.9. The topological polar surface area (TPSA) is 76.1 Å². The monoisotopic (exact) mass is 485 g/mol. The predicted molar refractivity (Wildman–Crippen MR) is 136 cm³/mol. The molecule has 0 unspecified atom stereocenters. The number of amides is 1. The van der Waals surface area contributed by atoms with Crippen molar-refractivity contribution in [3.05, 3.63) is 65.7 Å². The lowest BCUT2D eigenvalue weighted by Gasteiger charge is -2.27. The summed E-state index contributed by atoms with van der Waals surface area (Å²) in [4.78, 5) is 15.6. The van der Waals surface area contributed by atoms with Gasteiger partial charge in [0.2, 0.25) is 0 Å². The number of fused-ring (bicyclic) bond motifs is 1. The number of hydrogen-bond donors (Lipinski definition) is 0. The minimum Gasteiger partial charge on any atom is -0.383 e. The molecule has 1 amide bonds. The number of aryl methyl sites for hydroxylation is 1. The van der Waals surface area contributed by atoms with Gasteiger partial charge in [-0.05, 0) is 60.7 Å². The van der Waals surface area contributed by atoms with Crippen LogP contribution in [0.4, 0.5) is 4.39 Å². The largest absolute Gasteiger partial charge is 0.383 e. The van der Waals surface area contributed by atoms with E-state index in [4.69, 9.17) is 4.74 Å². The van der Waals surface area contributed by atoms with E-state index < -0.39 is 5.82 Å². The molecule has 2 aromatic heterocycles. The fourth-order valence-corrected chi connectivity index (χ4v) is 5.00. The highest BCUT2D eigenvalue weighted by Crippen LogP contribution is 2.38. The number of aromatic nitrogens is 3. The number of ether oxygens (including phenoxy) is 1. The van der Waals surface area contributed by atoms with Crippen LogP contribution in [0.5, 0.6) is 0 Å². The van der Waals surface area contributed by atoms with E-state index in [0.717, 1.165) is 60.1 Å². The molecule has 3 heterocycles. The zero-order valence-electron chi connectivity index (χ0n) is 20.5. The van der Waals surface area contributed by atoms with E-state index >= 15 is 0 Å². The Morgan fingerprint density at radius 2 is 1.89 bits per heavy atom. The first-order valence-electron chi connectivity index (χ1n) is 12.2. The third-order valence-corrected chi connectivity index (χ3v) is 6.77. The average molecular weight is 486 g/mol. The molecule has 0 bridgehead atoms. The zero-order valence-corrected chi connectivity index (χ0v) is 20.5. The lowest BCUT2D eigenvalue weighted by molar-refractivity contribution is 0.0711. The van der Waals surface area contributed by atoms with Crippen LogP contribution in [0.1, 0.15) is 35.3 Å². The zero-order chi connectivity index (χ0) is 25.2. The van der Waals surface area contributed by atoms with Gasteiger partial charge >= 0.3 is 0 Å². The van der Waals surface area contributed by atoms with Crippen LogP contribution in [0.2, 0.25) is 0 Å². The molecule has 1 aliphatic heterocycles. The number of nitrogens with zero attached hydrogens (tertiary/aromatic N) is 5. The van der Waals surface area contributed by atoms with Crippen molar-refractivity contribution < 1.29 is 13.9 Å². The van der Waals surface area contributed by atoms with Crippen LogP contribution < -0.4 is 0 Å². The summed E-state index contributed by atoms with van der Waals surface area (Å²) in [5, 5.41) is 14.7. The smallest absolute Gasteiger partial charge is 0.270 e. The van der Waals surface area contributed by atoms with Crippen LogP contribution in [0, 0.1) is 17.1 Å². The number of likely N-dealkylation sites (tertiary alicyclic amines) is 1. The average Bonchev–Trinajstić information content (AvgIpc) is 3.46. The molecule has 8 heteroatoms. The van der Waals surface area contributed by atoms with Gasteiger partial charge in [0.15, 0.2) is 0 Å². The molecule has 5 rings (SSSR count). The number of benzene rings is 2. The molecule has 2 aromatic carbocycles. The van der Waals surface area contributed by atoms with Gasteiger partial charge in [0.1, 0.15) is 17.6 Å². The number of rotatable bonds is 6. The summed E-state index contributed by atoms with van der Waals surface area (Å²) in [5.41, 5.74) is 4.45. The van der Waals surface area contributed by atoms with Gasteiger partial charge in [0.25, 0.3) is 5.91 Å². The van der Waals surface area contributed by atoms with Gasteiger partial charge in [-0.15, -0.1) is 0 Å². The number of halogens is 1. The summed E-state index contributed by atoms with van der Waals surface area (Å²) in [5.74, 6) is -0.618. The summed E-state index contributed by atoms with van der Waals surface area (Å²) in [6.45, 7) is 2.33. The van der Waals surface area contributed by atoms with E-state index in [9.17, 15) is 14.4 Å². The molecule has 1 aliphatic rings. The van der Waals surface area contributed by atoms with E-state index in [1.807, 2.05) is 53.0 Å². The number of methoxy groups -OCH3 is 1. The number of carbonyl (C=O) groups excluding carboxylic acids is 1. The van der Waals surface area contributed by atoms with E-state index in [1.54, 1.807) is 17.9 Å². The Labute approximate surface area is 209 Å². The fraction of sp³-hybridized carbons (Fsp3) is 0.321. The summed E-state index contributed by atoms with van der Waals surface area (Å²) in [6.07, 6.45) is 5.05. The second kappa shape index (κ2) is 9.96. The Morgan fingerprint density at radius 3 is 2.61 bits per heavy atom. The molecule has 0 aliphatic carbocycles. The highest BCUT2D eigenvalue weighted by molar-refractivity contribution is 5.98. The Morgan fingerprint density at radius 1 is 1.11 bits per heavy atom. The maximum Gasteiger partial charge on any atom is 0.270 e. The van der Waals surface area contributed by atoms with Crippen LogP contribution in [0.15, 0.2) is 48.7 Å². The lowest BCUT2D eigenvalue weighted by atomic mass is 9.99. The minimum absolute atomic E-state index is 0.0134. The Hall–Kier alpha value is -3.96. The van der Waals surface area contributed by atoms with E-state index in [2.05, 4.69) is 5.10 Å². The molecule has 0 atom stereocenters. The van der Waals surface area contributed by atoms with E-state index in [0.29, 0.717) is 24.4 Å². The molecule has 0 saturated carbocycles. The van der Waals surface area contributed by atoms with Crippen molar-refractivity contribution in [3.8, 4) is 28.5 Å². The van der Waals surface area contributed by atoms with Crippen LogP contribution in [-0.2, 0) is 18.3 Å². The van der Waals surface area contributed by atoms with Gasteiger partial charge < -0.3 is 14.2 Å². The molecule has 0 spiro atoms. The highest BCUT2D eigenvalue weighted by atomic mass is 19.1. The summed E-state index contributed by atoms with van der Waals surface area (Å²) in [6, 6.07) is 14.3. The Balaban J connectivity index is 1.74. The maximum atomic E-state index is 14.7. The first-order chi connectivity index (χ1) is 17.5. The van der Waals surface area contributed by atoms with Crippen LogP contribution in [-0.4, -0.2) is 52.0 Å². The first-order valence-corrected chi connectivity index (χ1v) is 12.2. The van der Waals surface area contributed by atoms with Crippen LogP contribution >= 0.6 is 0 Å². The maximum absolute atomic E-state index is 14.7. The van der Waals surface area contributed by atoms with Gasteiger partial charge in [0.05, 0.1) is 23.4 Å². The van der Waals surface area contributed by atoms with Gasteiger partial charge in [-0.3, -0.25) is 9.48 Å². The molecule has 36 heavy (non-hydrogen) atoms. The molecule has 184 valence electrons. The lowest BCUT2D eigenvalue weighted by Crippen LogP contribution is -2.36. The predicted octanol–water partition coefficient (Wildman–Crippen LogP) is 4.99. The van der Waals surface area contributed by atoms with Crippen molar-refractivity contribution in [2.75, 3.05) is 26.8 Å². The SMILES string of the molecule is COCCn1c(C(=O)N2CCCCC2)cc(-c2ccc(C#N)c(F)c2)c1-c1ccc2nn(C)cc2c1. The van der Waals surface area contributed by atoms with Crippen LogP contribution in [0.3, 0.4) is 0 Å². The molecule has 7 nitrogen and oxygen atoms in total. The van der Waals surface area contributed by atoms with Crippen molar-refractivity contribution in [1.29, 1.82) is 5.26 Å². The number of nitriles is 1. The second-order valence-electron chi connectivity index (χ2n) is 9.17. The highest BCUT2D eigenvalue weighted by Gasteiger charge is 2.27. The van der Waals surface area contributed by atoms with Gasteiger partial charge in [-0.2, -0.15) is 10.4 Å². The van der Waals surface area contributed by atoms with Crippen molar-refractivity contribution in [3.63, 3.8) is 0 Å². The van der Waals surface area contributed by atoms with Crippen molar-refractivity contribution in [2.45, 2.75) is 25.8 Å². The van der Waals surface area contributed by atoms with Crippen molar-refractivity contribution >= 4 is 16.8 Å². The quantitative estimate of drug-likeness (QED) is 0.386. The molecule has 0 radical (unpaired) electrons. The molecule has 1 fully saturated rings. The summed E-state index contributed by atoms with van der Waals surface area (Å²) >= 11 is 0. The normalized spacial score (nSPS) is 13.8. The van der Waals surface area contributed by atoms with E-state index in [-0.39, 0.29) is 11.5 Å². The van der Waals surface area contributed by atoms with Crippen molar-refractivity contribution in [1.82, 2.24) is 19.2 Å². The van der Waals surface area contributed by atoms with Gasteiger partial charge in [-0.1, -0.05) is 12.1 Å². The number of piperidine rings is 1. The molecule has 4 aromatic rings. The molecule has 1 saturated heterocycles. The summed E-state index contributed by atoms with van der Waals surface area (Å²) in [7, 11) is 3.51. The molecular formula is C28H28FN5O2. The number of hydrogen-bond acceptors (Lipinski definition) is 4. The third kappa shape index (κ3) is 4.38. The van der Waals surface area contributed by atoms with Gasteiger partial charge in [0, 0.05) is 50.9 Å². The van der Waals surface area contributed by atoms with Crippen molar-refractivity contribution in [2.24, 2.45) is 7.05 Å². The molecule has 0 N–H and O–H groups in total. The van der Waals surface area contributed by atoms with Crippen LogP contribution in [0.25, 0.3) is 33.3 Å². The standard InChI is InChI=1S/C28H28FN5O2/c1-32-18-22-14-20(8-9-25(22)31-32)27-23(19-6-7-21(17-30)24(29)15-19)16-26(34(27)12-13-36-2)28(35)33-10-4-3-5-11-33/h6-9,14-16,18H,3-5,10-13H2,1-2H3. The second-order valence-corrected chi connectivity index (χ2v) is 9.17. The molecular weight excluding hydrogens is 457 g/mol. The Bertz CT molecular complexity index is 1470. The van der Waals surface area contributed by atoms with Gasteiger partial charge in [-0.25, -0.2) is 4.39 Å². The third-order valence-electron chi connectivity index (χ3n) is 6.77. The Kier molecular flexibility index (Phi) is 6.57.